The molecule has 1 heterocycles. The zero-order valence-electron chi connectivity index (χ0n) is 15.1. The van der Waals surface area contributed by atoms with E-state index in [1.54, 1.807) is 18.4 Å². The van der Waals surface area contributed by atoms with Crippen molar-refractivity contribution in [3.63, 3.8) is 0 Å². The maximum absolute atomic E-state index is 5.25. The Kier molecular flexibility index (Phi) is 10.1. The second kappa shape index (κ2) is 11.3. The van der Waals surface area contributed by atoms with Crippen LogP contribution in [0.3, 0.4) is 0 Å². The summed E-state index contributed by atoms with van der Waals surface area (Å²) in [7, 11) is 3.61. The predicted molar refractivity (Wildman–Crippen MR) is 113 cm³/mol. The molecular weight excluding hydrogens is 435 g/mol. The predicted octanol–water partition coefficient (Wildman–Crippen LogP) is 3.24. The zero-order valence-corrected chi connectivity index (χ0v) is 18.2. The molecule has 1 aliphatic rings. The van der Waals surface area contributed by atoms with Gasteiger partial charge in [0, 0.05) is 45.7 Å². The summed E-state index contributed by atoms with van der Waals surface area (Å²) in [5, 5.41) is 10.3. The number of guanidine groups is 1. The average molecular weight is 466 g/mol. The van der Waals surface area contributed by atoms with Gasteiger partial charge >= 0.3 is 0 Å². The Morgan fingerprint density at radius 1 is 1.42 bits per heavy atom. The molecule has 0 amide bonds. The zero-order chi connectivity index (χ0) is 16.5. The molecule has 1 aliphatic carbocycles. The second-order valence-electron chi connectivity index (χ2n) is 6.29. The Hall–Kier alpha value is -0.410. The standard InChI is InChI=1S/C17H30N4OS.HI/c1-4-15-21-14(12-23-15)6-10-19-16(18-2)20-13-17(7-5-8-17)9-11-22-3;/h12H,4-11,13H2,1-3H3,(H2,18,19,20);1H. The summed E-state index contributed by atoms with van der Waals surface area (Å²) in [6.07, 6.45) is 7.00. The number of nitrogens with one attached hydrogen (secondary N) is 2. The van der Waals surface area contributed by atoms with Crippen molar-refractivity contribution in [1.82, 2.24) is 15.6 Å². The lowest BCUT2D eigenvalue weighted by atomic mass is 9.67. The molecule has 2 N–H and O–H groups in total. The molecule has 5 nitrogen and oxygen atoms in total. The summed E-state index contributed by atoms with van der Waals surface area (Å²) in [4.78, 5) is 8.92. The largest absolute Gasteiger partial charge is 0.385 e. The molecule has 1 fully saturated rings. The van der Waals surface area contributed by atoms with Crippen molar-refractivity contribution in [2.75, 3.05) is 33.9 Å². The van der Waals surface area contributed by atoms with E-state index in [2.05, 4.69) is 32.9 Å². The van der Waals surface area contributed by atoms with E-state index < -0.39 is 0 Å². The number of halogens is 1. The van der Waals surface area contributed by atoms with Crippen molar-refractivity contribution in [1.29, 1.82) is 0 Å². The third kappa shape index (κ3) is 6.48. The first kappa shape index (κ1) is 21.6. The normalized spacial score (nSPS) is 16.2. The Labute approximate surface area is 167 Å². The molecule has 1 aromatic rings. The van der Waals surface area contributed by atoms with Crippen LogP contribution in [0.15, 0.2) is 10.4 Å². The summed E-state index contributed by atoms with van der Waals surface area (Å²) >= 11 is 1.75. The van der Waals surface area contributed by atoms with Gasteiger partial charge in [-0.2, -0.15) is 0 Å². The van der Waals surface area contributed by atoms with Crippen LogP contribution >= 0.6 is 35.3 Å². The fourth-order valence-electron chi connectivity index (χ4n) is 2.94. The van der Waals surface area contributed by atoms with Crippen molar-refractivity contribution >= 4 is 41.3 Å². The van der Waals surface area contributed by atoms with Crippen LogP contribution in [0.2, 0.25) is 0 Å². The molecule has 0 unspecified atom stereocenters. The summed E-state index contributed by atoms with van der Waals surface area (Å²) in [5.74, 6) is 0.889. The molecule has 0 radical (unpaired) electrons. The lowest BCUT2D eigenvalue weighted by Gasteiger charge is -2.42. The van der Waals surface area contributed by atoms with Crippen LogP contribution in [0, 0.1) is 5.41 Å². The first-order chi connectivity index (χ1) is 11.2. The summed E-state index contributed by atoms with van der Waals surface area (Å²) < 4.78 is 5.25. The van der Waals surface area contributed by atoms with E-state index in [4.69, 9.17) is 4.74 Å². The van der Waals surface area contributed by atoms with E-state index >= 15 is 0 Å². The van der Waals surface area contributed by atoms with Crippen molar-refractivity contribution in [3.8, 4) is 0 Å². The van der Waals surface area contributed by atoms with Gasteiger partial charge in [0.2, 0.25) is 0 Å². The Morgan fingerprint density at radius 2 is 2.21 bits per heavy atom. The first-order valence-corrected chi connectivity index (χ1v) is 9.46. The molecule has 24 heavy (non-hydrogen) atoms. The Balaban J connectivity index is 0.00000288. The number of aromatic nitrogens is 1. The van der Waals surface area contributed by atoms with Gasteiger partial charge in [0.1, 0.15) is 0 Å². The van der Waals surface area contributed by atoms with Crippen LogP contribution in [-0.4, -0.2) is 44.8 Å². The smallest absolute Gasteiger partial charge is 0.191 e. The van der Waals surface area contributed by atoms with Crippen molar-refractivity contribution in [2.24, 2.45) is 10.4 Å². The van der Waals surface area contributed by atoms with Crippen LogP contribution in [0.4, 0.5) is 0 Å². The highest BCUT2D eigenvalue weighted by molar-refractivity contribution is 14.0. The number of hydrogen-bond donors (Lipinski definition) is 2. The number of aliphatic imine (C=N–C) groups is 1. The van der Waals surface area contributed by atoms with E-state index in [1.807, 2.05) is 7.05 Å². The topological polar surface area (TPSA) is 58.5 Å². The number of nitrogens with zero attached hydrogens (tertiary/aromatic N) is 2. The van der Waals surface area contributed by atoms with Gasteiger partial charge in [0.25, 0.3) is 0 Å². The number of aryl methyl sites for hydroxylation is 1. The molecular formula is C17H31IN4OS. The minimum atomic E-state index is 0. The van der Waals surface area contributed by atoms with Gasteiger partial charge < -0.3 is 15.4 Å². The van der Waals surface area contributed by atoms with E-state index in [-0.39, 0.29) is 24.0 Å². The maximum atomic E-state index is 5.25. The quantitative estimate of drug-likeness (QED) is 0.333. The van der Waals surface area contributed by atoms with Gasteiger partial charge in [-0.05, 0) is 31.1 Å². The highest BCUT2D eigenvalue weighted by Gasteiger charge is 2.36. The van der Waals surface area contributed by atoms with Crippen molar-refractivity contribution in [3.05, 3.63) is 16.1 Å². The van der Waals surface area contributed by atoms with Gasteiger partial charge in [-0.3, -0.25) is 4.99 Å². The van der Waals surface area contributed by atoms with Crippen LogP contribution < -0.4 is 10.6 Å². The monoisotopic (exact) mass is 466 g/mol. The molecule has 1 aromatic heterocycles. The van der Waals surface area contributed by atoms with Gasteiger partial charge in [-0.25, -0.2) is 4.98 Å². The van der Waals surface area contributed by atoms with Crippen LogP contribution in [0.25, 0.3) is 0 Å². The lowest BCUT2D eigenvalue weighted by molar-refractivity contribution is 0.0732. The molecule has 0 aliphatic heterocycles. The van der Waals surface area contributed by atoms with Gasteiger partial charge in [-0.15, -0.1) is 35.3 Å². The molecule has 2 rings (SSSR count). The number of hydrogen-bond acceptors (Lipinski definition) is 4. The lowest BCUT2D eigenvalue weighted by Crippen LogP contribution is -2.47. The number of ether oxygens (including phenoxy) is 1. The summed E-state index contributed by atoms with van der Waals surface area (Å²) in [6, 6.07) is 0. The molecule has 0 aromatic carbocycles. The second-order valence-corrected chi connectivity index (χ2v) is 7.23. The van der Waals surface area contributed by atoms with Crippen LogP contribution in [0.5, 0.6) is 0 Å². The van der Waals surface area contributed by atoms with Gasteiger partial charge in [0.15, 0.2) is 5.96 Å². The van der Waals surface area contributed by atoms with E-state index in [0.717, 1.165) is 44.9 Å². The molecule has 0 bridgehead atoms. The minimum Gasteiger partial charge on any atom is -0.385 e. The molecule has 138 valence electrons. The van der Waals surface area contributed by atoms with Crippen LogP contribution in [0.1, 0.15) is 43.3 Å². The van der Waals surface area contributed by atoms with Crippen LogP contribution in [-0.2, 0) is 17.6 Å². The minimum absolute atomic E-state index is 0. The van der Waals surface area contributed by atoms with E-state index in [9.17, 15) is 0 Å². The highest BCUT2D eigenvalue weighted by Crippen LogP contribution is 2.43. The SMILES string of the molecule is CCc1nc(CCNC(=NC)NCC2(CCOC)CCC2)cs1.I. The highest BCUT2D eigenvalue weighted by atomic mass is 127. The van der Waals surface area contributed by atoms with E-state index in [0.29, 0.717) is 5.41 Å². The Morgan fingerprint density at radius 3 is 2.75 bits per heavy atom. The third-order valence-corrected chi connectivity index (χ3v) is 5.72. The fraction of sp³-hybridized carbons (Fsp3) is 0.765. The molecule has 0 spiro atoms. The maximum Gasteiger partial charge on any atom is 0.191 e. The van der Waals surface area contributed by atoms with Gasteiger partial charge in [0.05, 0.1) is 10.7 Å². The summed E-state index contributed by atoms with van der Waals surface area (Å²) in [6.45, 7) is 4.83. The summed E-state index contributed by atoms with van der Waals surface area (Å²) in [5.41, 5.74) is 1.57. The average Bonchev–Trinajstić information content (AvgIpc) is 2.99. The van der Waals surface area contributed by atoms with Crippen molar-refractivity contribution in [2.45, 2.75) is 45.4 Å². The first-order valence-electron chi connectivity index (χ1n) is 8.58. The molecule has 1 saturated carbocycles. The Bertz CT molecular complexity index is 503. The molecule has 0 saturated heterocycles. The van der Waals surface area contributed by atoms with Crippen molar-refractivity contribution < 1.29 is 4.74 Å². The molecule has 7 heteroatoms. The van der Waals surface area contributed by atoms with Gasteiger partial charge in [-0.1, -0.05) is 13.3 Å². The third-order valence-electron chi connectivity index (χ3n) is 4.68. The number of methoxy groups -OCH3 is 1. The molecule has 0 atom stereocenters. The number of thiazole rings is 1. The number of rotatable bonds is 9. The van der Waals surface area contributed by atoms with E-state index in [1.165, 1.54) is 30.0 Å². The fourth-order valence-corrected chi connectivity index (χ4v) is 3.72.